The van der Waals surface area contributed by atoms with Crippen LogP contribution in [-0.2, 0) is 16.0 Å². The molecule has 1 aromatic heterocycles. The van der Waals surface area contributed by atoms with E-state index in [2.05, 4.69) is 5.32 Å². The molecule has 1 atom stereocenters. The molecule has 0 aliphatic heterocycles. The predicted octanol–water partition coefficient (Wildman–Crippen LogP) is 0.973. The maximum atomic E-state index is 11.4. The van der Waals surface area contributed by atoms with E-state index in [9.17, 15) is 4.79 Å². The first-order valence-electron chi connectivity index (χ1n) is 4.64. The Bertz CT molecular complexity index is 269. The highest BCUT2D eigenvalue weighted by atomic mass is 16.5. The molecule has 1 heterocycles. The first-order valence-corrected chi connectivity index (χ1v) is 4.64. The van der Waals surface area contributed by atoms with Crippen molar-refractivity contribution in [3.8, 4) is 0 Å². The molecule has 0 aliphatic rings. The van der Waals surface area contributed by atoms with Gasteiger partial charge in [0, 0.05) is 6.42 Å². The van der Waals surface area contributed by atoms with E-state index in [1.165, 1.54) is 0 Å². The van der Waals surface area contributed by atoms with Gasteiger partial charge in [-0.1, -0.05) is 0 Å². The molecule has 0 radical (unpaired) electrons. The van der Waals surface area contributed by atoms with Gasteiger partial charge in [0.25, 0.3) is 0 Å². The number of likely N-dealkylation sites (N-methyl/N-ethyl adjacent to an activating group) is 1. The van der Waals surface area contributed by atoms with Crippen LogP contribution in [0, 0.1) is 0 Å². The van der Waals surface area contributed by atoms with E-state index in [4.69, 9.17) is 9.15 Å². The van der Waals surface area contributed by atoms with Crippen molar-refractivity contribution in [2.45, 2.75) is 19.4 Å². The van der Waals surface area contributed by atoms with Crippen LogP contribution < -0.4 is 5.32 Å². The average Bonchev–Trinajstić information content (AvgIpc) is 2.66. The molecule has 0 saturated carbocycles. The van der Waals surface area contributed by atoms with Gasteiger partial charge in [-0.05, 0) is 26.1 Å². The summed E-state index contributed by atoms with van der Waals surface area (Å²) in [5, 5.41) is 2.89. The Labute approximate surface area is 83.2 Å². The molecule has 0 fully saturated rings. The molecule has 14 heavy (non-hydrogen) atoms. The lowest BCUT2D eigenvalue weighted by molar-refractivity contribution is -0.145. The summed E-state index contributed by atoms with van der Waals surface area (Å²) < 4.78 is 10.0. The number of carbonyl (C=O) groups excluding carboxylic acids is 1. The van der Waals surface area contributed by atoms with Crippen molar-refractivity contribution in [2.24, 2.45) is 0 Å². The second-order valence-corrected chi connectivity index (χ2v) is 2.88. The maximum Gasteiger partial charge on any atom is 0.323 e. The average molecular weight is 197 g/mol. The second kappa shape index (κ2) is 5.44. The van der Waals surface area contributed by atoms with Crippen LogP contribution in [0.3, 0.4) is 0 Å². The second-order valence-electron chi connectivity index (χ2n) is 2.88. The van der Waals surface area contributed by atoms with Crippen molar-refractivity contribution in [1.29, 1.82) is 0 Å². The molecule has 1 rings (SSSR count). The Morgan fingerprint density at radius 2 is 2.50 bits per heavy atom. The molecule has 1 unspecified atom stereocenters. The molecule has 1 aromatic rings. The molecule has 78 valence electrons. The molecule has 4 nitrogen and oxygen atoms in total. The summed E-state index contributed by atoms with van der Waals surface area (Å²) in [6.45, 7) is 2.19. The van der Waals surface area contributed by atoms with Gasteiger partial charge in [0.1, 0.15) is 11.8 Å². The van der Waals surface area contributed by atoms with Gasteiger partial charge in [-0.2, -0.15) is 0 Å². The zero-order valence-electron chi connectivity index (χ0n) is 8.45. The van der Waals surface area contributed by atoms with Gasteiger partial charge in [-0.25, -0.2) is 0 Å². The predicted molar refractivity (Wildman–Crippen MR) is 51.9 cm³/mol. The van der Waals surface area contributed by atoms with Gasteiger partial charge in [0.15, 0.2) is 0 Å². The molecule has 0 saturated heterocycles. The number of hydrogen-bond donors (Lipinski definition) is 1. The van der Waals surface area contributed by atoms with E-state index >= 15 is 0 Å². The van der Waals surface area contributed by atoms with Crippen LogP contribution in [0.1, 0.15) is 12.7 Å². The summed E-state index contributed by atoms with van der Waals surface area (Å²) in [7, 11) is 1.73. The highest BCUT2D eigenvalue weighted by molar-refractivity contribution is 5.76. The third-order valence-electron chi connectivity index (χ3n) is 1.90. The number of hydrogen-bond acceptors (Lipinski definition) is 4. The van der Waals surface area contributed by atoms with Crippen LogP contribution in [0.2, 0.25) is 0 Å². The van der Waals surface area contributed by atoms with Crippen molar-refractivity contribution in [1.82, 2.24) is 5.32 Å². The van der Waals surface area contributed by atoms with E-state index in [-0.39, 0.29) is 12.0 Å². The lowest BCUT2D eigenvalue weighted by atomic mass is 10.2. The monoisotopic (exact) mass is 197 g/mol. The third-order valence-corrected chi connectivity index (χ3v) is 1.90. The van der Waals surface area contributed by atoms with Gasteiger partial charge in [0.2, 0.25) is 0 Å². The number of esters is 1. The van der Waals surface area contributed by atoms with E-state index in [0.717, 1.165) is 5.76 Å². The number of carbonyl (C=O) groups is 1. The van der Waals surface area contributed by atoms with Crippen LogP contribution in [0.15, 0.2) is 22.8 Å². The van der Waals surface area contributed by atoms with Crippen LogP contribution >= 0.6 is 0 Å². The van der Waals surface area contributed by atoms with Crippen LogP contribution in [0.25, 0.3) is 0 Å². The normalized spacial score (nSPS) is 12.4. The van der Waals surface area contributed by atoms with Gasteiger partial charge in [0.05, 0.1) is 12.9 Å². The molecular weight excluding hydrogens is 182 g/mol. The van der Waals surface area contributed by atoms with Crippen molar-refractivity contribution < 1.29 is 13.9 Å². The minimum Gasteiger partial charge on any atom is -0.469 e. The first kappa shape index (κ1) is 10.8. The Kier molecular flexibility index (Phi) is 4.19. The summed E-state index contributed by atoms with van der Waals surface area (Å²) >= 11 is 0. The molecule has 0 bridgehead atoms. The van der Waals surface area contributed by atoms with Gasteiger partial charge in [-0.3, -0.25) is 4.79 Å². The number of furan rings is 1. The van der Waals surface area contributed by atoms with Crippen LogP contribution in [0.5, 0.6) is 0 Å². The Hall–Kier alpha value is -1.29. The fourth-order valence-corrected chi connectivity index (χ4v) is 1.18. The van der Waals surface area contributed by atoms with Gasteiger partial charge < -0.3 is 14.5 Å². The number of rotatable bonds is 5. The molecule has 0 amide bonds. The van der Waals surface area contributed by atoms with E-state index in [1.807, 2.05) is 6.07 Å². The van der Waals surface area contributed by atoms with E-state index in [0.29, 0.717) is 13.0 Å². The van der Waals surface area contributed by atoms with Crippen LogP contribution in [-0.4, -0.2) is 25.7 Å². The standard InChI is InChI=1S/C10H15NO3/c1-3-13-10(12)9(11-2)7-8-5-4-6-14-8/h4-6,9,11H,3,7H2,1-2H3. The lowest BCUT2D eigenvalue weighted by Crippen LogP contribution is -2.37. The molecule has 1 N–H and O–H groups in total. The highest BCUT2D eigenvalue weighted by Crippen LogP contribution is 2.05. The first-order chi connectivity index (χ1) is 6.77. The summed E-state index contributed by atoms with van der Waals surface area (Å²) in [6.07, 6.45) is 2.11. The fourth-order valence-electron chi connectivity index (χ4n) is 1.18. The molecule has 0 aromatic carbocycles. The summed E-state index contributed by atoms with van der Waals surface area (Å²) in [6, 6.07) is 3.30. The Balaban J connectivity index is 2.50. The largest absolute Gasteiger partial charge is 0.469 e. The zero-order chi connectivity index (χ0) is 10.4. The lowest BCUT2D eigenvalue weighted by Gasteiger charge is -2.12. The van der Waals surface area contributed by atoms with Crippen molar-refractivity contribution in [3.05, 3.63) is 24.2 Å². The van der Waals surface area contributed by atoms with Crippen molar-refractivity contribution in [2.75, 3.05) is 13.7 Å². The Morgan fingerprint density at radius 1 is 1.71 bits per heavy atom. The quantitative estimate of drug-likeness (QED) is 0.715. The zero-order valence-corrected chi connectivity index (χ0v) is 8.45. The highest BCUT2D eigenvalue weighted by Gasteiger charge is 2.18. The summed E-state index contributed by atoms with van der Waals surface area (Å²) in [5.74, 6) is 0.531. The van der Waals surface area contributed by atoms with E-state index in [1.54, 1.807) is 26.3 Å². The fraction of sp³-hybridized carbons (Fsp3) is 0.500. The molecule has 0 aliphatic carbocycles. The summed E-state index contributed by atoms with van der Waals surface area (Å²) in [4.78, 5) is 11.4. The molecular formula is C10H15NO3. The Morgan fingerprint density at radius 3 is 3.00 bits per heavy atom. The number of nitrogens with one attached hydrogen (secondary N) is 1. The van der Waals surface area contributed by atoms with Crippen molar-refractivity contribution >= 4 is 5.97 Å². The maximum absolute atomic E-state index is 11.4. The number of ether oxygens (including phenoxy) is 1. The summed E-state index contributed by atoms with van der Waals surface area (Å²) in [5.41, 5.74) is 0. The van der Waals surface area contributed by atoms with Gasteiger partial charge in [-0.15, -0.1) is 0 Å². The minimum absolute atomic E-state index is 0.244. The van der Waals surface area contributed by atoms with Crippen LogP contribution in [0.4, 0.5) is 0 Å². The topological polar surface area (TPSA) is 51.5 Å². The van der Waals surface area contributed by atoms with Crippen molar-refractivity contribution in [3.63, 3.8) is 0 Å². The molecule has 0 spiro atoms. The third kappa shape index (κ3) is 2.88. The minimum atomic E-state index is -0.332. The molecule has 4 heteroatoms. The smallest absolute Gasteiger partial charge is 0.323 e. The van der Waals surface area contributed by atoms with E-state index < -0.39 is 0 Å². The SMILES string of the molecule is CCOC(=O)C(Cc1ccco1)NC. The van der Waals surface area contributed by atoms with Gasteiger partial charge >= 0.3 is 5.97 Å².